The van der Waals surface area contributed by atoms with E-state index in [0.717, 1.165) is 0 Å². The van der Waals surface area contributed by atoms with Gasteiger partial charge in [-0.3, -0.25) is 4.90 Å². The van der Waals surface area contributed by atoms with Gasteiger partial charge in [0.1, 0.15) is 28.8 Å². The van der Waals surface area contributed by atoms with Crippen LogP contribution < -0.4 is 9.64 Å². The minimum absolute atomic E-state index is 0.0834. The molecular weight excluding hydrogens is 400 g/mol. The van der Waals surface area contributed by atoms with Gasteiger partial charge in [-0.25, -0.2) is 14.6 Å². The predicted octanol–water partition coefficient (Wildman–Crippen LogP) is 4.12. The van der Waals surface area contributed by atoms with E-state index in [9.17, 15) is 9.59 Å². The summed E-state index contributed by atoms with van der Waals surface area (Å²) >= 11 is 0. The van der Waals surface area contributed by atoms with Gasteiger partial charge < -0.3 is 19.1 Å². The quantitative estimate of drug-likeness (QED) is 0.704. The van der Waals surface area contributed by atoms with Crippen molar-refractivity contribution in [2.75, 3.05) is 24.6 Å². The summed E-state index contributed by atoms with van der Waals surface area (Å²) in [5, 5.41) is 8.64. The zero-order valence-electron chi connectivity index (χ0n) is 19.2. The number of nitrogens with zero attached hydrogens (tertiary/aromatic N) is 4. The second-order valence-corrected chi connectivity index (χ2v) is 9.35. The summed E-state index contributed by atoms with van der Waals surface area (Å²) in [5.41, 5.74) is -1.22. The summed E-state index contributed by atoms with van der Waals surface area (Å²) in [6.07, 6.45) is 1.74. The van der Waals surface area contributed by atoms with Crippen molar-refractivity contribution in [3.05, 3.63) is 18.3 Å². The third kappa shape index (κ3) is 7.63. The Kier molecular flexibility index (Phi) is 7.71. The number of ether oxygens (including phenoxy) is 3. The molecule has 0 unspecified atom stereocenters. The van der Waals surface area contributed by atoms with Gasteiger partial charge in [-0.15, -0.1) is 0 Å². The fraction of sp³-hybridized carbons (Fsp3) is 0.636. The number of carbonyl (C=O) groups is 2. The molecule has 1 aromatic heterocycles. The number of pyridine rings is 1. The van der Waals surface area contributed by atoms with Crippen molar-refractivity contribution in [1.29, 1.82) is 5.26 Å². The van der Waals surface area contributed by atoms with Crippen molar-refractivity contribution in [2.24, 2.45) is 0 Å². The molecule has 0 radical (unpaired) electrons. The van der Waals surface area contributed by atoms with Gasteiger partial charge in [-0.05, 0) is 66.5 Å². The zero-order chi connectivity index (χ0) is 23.2. The largest absolute Gasteiger partial charge is 0.477 e. The fourth-order valence-electron chi connectivity index (χ4n) is 3.09. The van der Waals surface area contributed by atoms with E-state index in [2.05, 4.69) is 4.98 Å². The Morgan fingerprint density at radius 3 is 2.23 bits per heavy atom. The first kappa shape index (κ1) is 24.3. The van der Waals surface area contributed by atoms with Crippen LogP contribution >= 0.6 is 0 Å². The number of carbonyl (C=O) groups excluding carboxylic acids is 2. The van der Waals surface area contributed by atoms with Crippen molar-refractivity contribution in [3.8, 4) is 11.8 Å². The van der Waals surface area contributed by atoms with E-state index in [1.54, 1.807) is 37.8 Å². The maximum atomic E-state index is 13.0. The molecule has 31 heavy (non-hydrogen) atoms. The van der Waals surface area contributed by atoms with E-state index in [1.807, 2.05) is 26.8 Å². The summed E-state index contributed by atoms with van der Waals surface area (Å²) in [6, 6.07) is 5.03. The van der Waals surface area contributed by atoms with Crippen LogP contribution in [0.4, 0.5) is 15.4 Å². The lowest BCUT2D eigenvalue weighted by atomic mass is 10.0. The Bertz CT molecular complexity index is 797. The number of likely N-dealkylation sites (tertiary alicyclic amines) is 1. The molecule has 9 nitrogen and oxygen atoms in total. The molecule has 0 aliphatic carbocycles. The summed E-state index contributed by atoms with van der Waals surface area (Å²) in [4.78, 5) is 32.9. The minimum atomic E-state index is -0.664. The molecular formula is C22H32N4O5. The second-order valence-electron chi connectivity index (χ2n) is 9.35. The van der Waals surface area contributed by atoms with Crippen molar-refractivity contribution < 1.29 is 23.8 Å². The molecule has 2 rings (SSSR count). The van der Waals surface area contributed by atoms with Crippen LogP contribution in [0.5, 0.6) is 5.75 Å². The number of hydrogen-bond acceptors (Lipinski definition) is 7. The zero-order valence-corrected chi connectivity index (χ0v) is 19.2. The van der Waals surface area contributed by atoms with Crippen LogP contribution in [-0.2, 0) is 9.47 Å². The first-order valence-corrected chi connectivity index (χ1v) is 10.4. The van der Waals surface area contributed by atoms with Gasteiger partial charge in [-0.1, -0.05) is 0 Å². The van der Waals surface area contributed by atoms with Gasteiger partial charge in [0.25, 0.3) is 0 Å². The lowest BCUT2D eigenvalue weighted by Gasteiger charge is -2.38. The monoisotopic (exact) mass is 432 g/mol. The van der Waals surface area contributed by atoms with E-state index in [0.29, 0.717) is 37.5 Å². The number of hydrogen-bond donors (Lipinski definition) is 0. The van der Waals surface area contributed by atoms with E-state index in [4.69, 9.17) is 19.5 Å². The topological polar surface area (TPSA) is 105 Å². The first-order valence-electron chi connectivity index (χ1n) is 10.4. The Morgan fingerprint density at radius 2 is 1.74 bits per heavy atom. The average molecular weight is 433 g/mol. The second kappa shape index (κ2) is 9.86. The molecule has 9 heteroatoms. The summed E-state index contributed by atoms with van der Waals surface area (Å²) in [7, 11) is 0. The fourth-order valence-corrected chi connectivity index (χ4v) is 3.09. The highest BCUT2D eigenvalue weighted by atomic mass is 16.6. The smallest absolute Gasteiger partial charge is 0.416 e. The Hall–Kier alpha value is -3.02. The van der Waals surface area contributed by atoms with Gasteiger partial charge in [-0.2, -0.15) is 5.26 Å². The van der Waals surface area contributed by atoms with Crippen LogP contribution in [0.15, 0.2) is 18.3 Å². The van der Waals surface area contributed by atoms with Crippen molar-refractivity contribution in [3.63, 3.8) is 0 Å². The third-order valence-electron chi connectivity index (χ3n) is 4.34. The molecule has 0 N–H and O–H groups in total. The lowest BCUT2D eigenvalue weighted by Crippen LogP contribution is -2.51. The molecule has 1 saturated heterocycles. The van der Waals surface area contributed by atoms with Gasteiger partial charge in [0.2, 0.25) is 0 Å². The average Bonchev–Trinajstić information content (AvgIpc) is 2.65. The molecule has 0 aromatic carbocycles. The van der Waals surface area contributed by atoms with E-state index < -0.39 is 17.3 Å². The molecule has 0 atom stereocenters. The Balaban J connectivity index is 2.16. The van der Waals surface area contributed by atoms with Crippen LogP contribution in [0.25, 0.3) is 0 Å². The number of amides is 2. The van der Waals surface area contributed by atoms with Crippen LogP contribution in [-0.4, -0.2) is 59.0 Å². The number of aromatic nitrogens is 1. The van der Waals surface area contributed by atoms with E-state index in [1.165, 1.54) is 11.1 Å². The molecule has 1 aliphatic rings. The summed E-state index contributed by atoms with van der Waals surface area (Å²) in [6.45, 7) is 11.7. The van der Waals surface area contributed by atoms with Crippen molar-refractivity contribution >= 4 is 18.0 Å². The van der Waals surface area contributed by atoms with Crippen LogP contribution in [0, 0.1) is 11.3 Å². The summed E-state index contributed by atoms with van der Waals surface area (Å²) < 4.78 is 16.3. The standard InChI is InChI=1S/C22H32N4O5/c1-21(2,3)30-19(27)25-12-9-16(10-13-25)26(20(28)31-22(4,5)6)18-8-7-17(15-24-18)29-14-11-23/h7-8,15-16H,9-10,12-14H2,1-6H3. The molecule has 1 aromatic rings. The highest BCUT2D eigenvalue weighted by molar-refractivity contribution is 5.87. The van der Waals surface area contributed by atoms with Gasteiger partial charge >= 0.3 is 12.2 Å². The highest BCUT2D eigenvalue weighted by Crippen LogP contribution is 2.26. The Labute approximate surface area is 183 Å². The van der Waals surface area contributed by atoms with E-state index in [-0.39, 0.29) is 18.7 Å². The van der Waals surface area contributed by atoms with Gasteiger partial charge in [0.15, 0.2) is 6.61 Å². The molecule has 0 bridgehead atoms. The number of piperidine rings is 1. The number of rotatable bonds is 4. The highest BCUT2D eigenvalue weighted by Gasteiger charge is 2.35. The number of anilines is 1. The molecule has 2 heterocycles. The Morgan fingerprint density at radius 1 is 1.13 bits per heavy atom. The van der Waals surface area contributed by atoms with Crippen LogP contribution in [0.2, 0.25) is 0 Å². The SMILES string of the molecule is CC(C)(C)OC(=O)N1CCC(N(C(=O)OC(C)(C)C)c2ccc(OCC#N)cn2)CC1. The number of nitriles is 1. The van der Waals surface area contributed by atoms with Gasteiger partial charge in [0, 0.05) is 19.1 Å². The predicted molar refractivity (Wildman–Crippen MR) is 115 cm³/mol. The van der Waals surface area contributed by atoms with Gasteiger partial charge in [0.05, 0.1) is 6.20 Å². The first-order chi connectivity index (χ1) is 14.4. The van der Waals surface area contributed by atoms with Crippen molar-refractivity contribution in [1.82, 2.24) is 9.88 Å². The molecule has 170 valence electrons. The minimum Gasteiger partial charge on any atom is -0.477 e. The van der Waals surface area contributed by atoms with Crippen LogP contribution in [0.3, 0.4) is 0 Å². The molecule has 0 spiro atoms. The van der Waals surface area contributed by atoms with Crippen LogP contribution in [0.1, 0.15) is 54.4 Å². The maximum Gasteiger partial charge on any atom is 0.416 e. The molecule has 2 amide bonds. The molecule has 1 fully saturated rings. The lowest BCUT2D eigenvalue weighted by molar-refractivity contribution is 0.0200. The summed E-state index contributed by atoms with van der Waals surface area (Å²) in [5.74, 6) is 0.864. The van der Waals surface area contributed by atoms with Crippen molar-refractivity contribution in [2.45, 2.75) is 71.6 Å². The normalized spacial score (nSPS) is 15.1. The third-order valence-corrected chi connectivity index (χ3v) is 4.34. The van der Waals surface area contributed by atoms with E-state index >= 15 is 0 Å². The maximum absolute atomic E-state index is 13.0. The molecule has 1 aliphatic heterocycles. The molecule has 0 saturated carbocycles.